The average molecular weight is 170 g/mol. The van der Waals surface area contributed by atoms with Gasteiger partial charge in [-0.25, -0.2) is 9.97 Å². The maximum Gasteiger partial charge on any atom is 0.219 e. The smallest absolute Gasteiger partial charge is 0.219 e. The minimum atomic E-state index is 0.285. The minimum absolute atomic E-state index is 0.285. The third kappa shape index (κ3) is 2.55. The molecule has 0 fully saturated rings. The van der Waals surface area contributed by atoms with Crippen molar-refractivity contribution in [2.45, 2.75) is 0 Å². The fraction of sp³-hybridized carbons (Fsp3) is 0.143. The van der Waals surface area contributed by atoms with Gasteiger partial charge >= 0.3 is 0 Å². The number of allylic oxidation sites excluding steroid dienone is 1. The lowest BCUT2D eigenvalue weighted by molar-refractivity contribution is 1.18. The normalized spacial score (nSPS) is 10.6. The lowest BCUT2D eigenvalue weighted by atomic mass is 10.3. The monoisotopic (exact) mass is 169 g/mol. The van der Waals surface area contributed by atoms with Crippen LogP contribution in [0.4, 0.5) is 5.95 Å². The van der Waals surface area contributed by atoms with Crippen LogP contribution in [0.5, 0.6) is 0 Å². The average Bonchev–Trinajstić information content (AvgIpc) is 2.04. The van der Waals surface area contributed by atoms with E-state index >= 15 is 0 Å². The molecule has 0 saturated carbocycles. The molecule has 1 aromatic heterocycles. The number of aromatic nitrogens is 2. The van der Waals surface area contributed by atoms with Gasteiger partial charge in [0.1, 0.15) is 0 Å². The number of halogens is 1. The van der Waals surface area contributed by atoms with Crippen LogP contribution in [0.15, 0.2) is 18.5 Å². The van der Waals surface area contributed by atoms with Crippen LogP contribution in [-0.4, -0.2) is 15.8 Å². The maximum atomic E-state index is 5.43. The molecule has 0 saturated heterocycles. The van der Waals surface area contributed by atoms with Crippen LogP contribution >= 0.6 is 11.6 Å². The highest BCUT2D eigenvalue weighted by molar-refractivity contribution is 6.19. The van der Waals surface area contributed by atoms with Gasteiger partial charge in [0.05, 0.1) is 0 Å². The highest BCUT2D eigenvalue weighted by atomic mass is 35.5. The molecule has 0 atom stereocenters. The third-order valence-corrected chi connectivity index (χ3v) is 1.27. The van der Waals surface area contributed by atoms with E-state index in [-0.39, 0.29) is 5.95 Å². The number of rotatable bonds is 2. The molecular formula is C7H8ClN3. The molecule has 0 unspecified atom stereocenters. The van der Waals surface area contributed by atoms with E-state index in [9.17, 15) is 0 Å². The molecule has 58 valence electrons. The van der Waals surface area contributed by atoms with Gasteiger partial charge in [0.15, 0.2) is 0 Å². The largest absolute Gasteiger partial charge is 0.368 e. The van der Waals surface area contributed by atoms with E-state index < -0.39 is 0 Å². The van der Waals surface area contributed by atoms with Crippen LogP contribution < -0.4 is 5.73 Å². The van der Waals surface area contributed by atoms with Crippen LogP contribution in [0.3, 0.4) is 0 Å². The van der Waals surface area contributed by atoms with Gasteiger partial charge in [0.2, 0.25) is 5.95 Å². The second kappa shape index (κ2) is 3.93. The Morgan fingerprint density at radius 2 is 2.09 bits per heavy atom. The second-order valence-corrected chi connectivity index (χ2v) is 2.24. The quantitative estimate of drug-likeness (QED) is 0.680. The van der Waals surface area contributed by atoms with Crippen LogP contribution in [-0.2, 0) is 0 Å². The van der Waals surface area contributed by atoms with Crippen molar-refractivity contribution in [1.29, 1.82) is 0 Å². The van der Waals surface area contributed by atoms with E-state index in [0.29, 0.717) is 5.88 Å². The summed E-state index contributed by atoms with van der Waals surface area (Å²) in [5.41, 5.74) is 6.19. The highest BCUT2D eigenvalue weighted by Crippen LogP contribution is 1.99. The van der Waals surface area contributed by atoms with E-state index in [1.54, 1.807) is 12.4 Å². The number of alkyl halides is 1. The van der Waals surface area contributed by atoms with Crippen molar-refractivity contribution in [2.24, 2.45) is 0 Å². The summed E-state index contributed by atoms with van der Waals surface area (Å²) in [5.74, 6) is 0.776. The van der Waals surface area contributed by atoms with Crippen LogP contribution in [0.2, 0.25) is 0 Å². The van der Waals surface area contributed by atoms with E-state index in [1.807, 2.05) is 12.2 Å². The lowest BCUT2D eigenvalue weighted by Crippen LogP contribution is -1.92. The summed E-state index contributed by atoms with van der Waals surface area (Å²) < 4.78 is 0. The van der Waals surface area contributed by atoms with Crippen molar-refractivity contribution in [3.05, 3.63) is 24.0 Å². The molecule has 0 aliphatic rings. The standard InChI is InChI=1S/C7H8ClN3/c8-3-1-2-6-4-10-7(9)11-5-6/h1-2,4-5H,3H2,(H2,9,10,11). The first-order valence-electron chi connectivity index (χ1n) is 3.13. The summed E-state index contributed by atoms with van der Waals surface area (Å²) in [6.07, 6.45) is 6.94. The SMILES string of the molecule is Nc1ncc(C=CCCl)cn1. The second-order valence-electron chi connectivity index (χ2n) is 1.93. The molecule has 11 heavy (non-hydrogen) atoms. The molecule has 3 nitrogen and oxygen atoms in total. The van der Waals surface area contributed by atoms with Crippen molar-refractivity contribution >= 4 is 23.6 Å². The van der Waals surface area contributed by atoms with Crippen LogP contribution in [0.1, 0.15) is 5.56 Å². The molecule has 2 N–H and O–H groups in total. The Balaban J connectivity index is 2.73. The number of nitrogens with zero attached hydrogens (tertiary/aromatic N) is 2. The molecule has 0 bridgehead atoms. The molecule has 0 aliphatic heterocycles. The van der Waals surface area contributed by atoms with Gasteiger partial charge in [-0.2, -0.15) is 0 Å². The summed E-state index contributed by atoms with van der Waals surface area (Å²) in [5, 5.41) is 0. The summed E-state index contributed by atoms with van der Waals surface area (Å²) in [6.45, 7) is 0. The van der Waals surface area contributed by atoms with Gasteiger partial charge in [-0.1, -0.05) is 12.2 Å². The number of anilines is 1. The third-order valence-electron chi connectivity index (χ3n) is 1.09. The zero-order valence-corrected chi connectivity index (χ0v) is 6.62. The van der Waals surface area contributed by atoms with Gasteiger partial charge in [0.25, 0.3) is 0 Å². The molecule has 0 radical (unpaired) electrons. The van der Waals surface area contributed by atoms with Gasteiger partial charge in [-0.05, 0) is 0 Å². The van der Waals surface area contributed by atoms with Crippen molar-refractivity contribution in [2.75, 3.05) is 11.6 Å². The number of hydrogen-bond donors (Lipinski definition) is 1. The minimum Gasteiger partial charge on any atom is -0.368 e. The number of hydrogen-bond acceptors (Lipinski definition) is 3. The zero-order valence-electron chi connectivity index (χ0n) is 5.87. The van der Waals surface area contributed by atoms with E-state index in [0.717, 1.165) is 5.56 Å². The summed E-state index contributed by atoms with van der Waals surface area (Å²) >= 11 is 5.43. The predicted octanol–water partition coefficient (Wildman–Crippen LogP) is 1.31. The molecule has 0 aliphatic carbocycles. The van der Waals surface area contributed by atoms with Gasteiger partial charge < -0.3 is 5.73 Å². The van der Waals surface area contributed by atoms with Gasteiger partial charge in [-0.15, -0.1) is 11.6 Å². The van der Waals surface area contributed by atoms with Gasteiger partial charge in [-0.3, -0.25) is 0 Å². The Labute approximate surface area is 69.9 Å². The lowest BCUT2D eigenvalue weighted by Gasteiger charge is -1.91. The van der Waals surface area contributed by atoms with Crippen LogP contribution in [0, 0.1) is 0 Å². The van der Waals surface area contributed by atoms with Gasteiger partial charge in [0, 0.05) is 23.8 Å². The zero-order chi connectivity index (χ0) is 8.10. The summed E-state index contributed by atoms with van der Waals surface area (Å²) in [4.78, 5) is 7.61. The molecule has 1 heterocycles. The van der Waals surface area contributed by atoms with E-state index in [1.165, 1.54) is 0 Å². The Hall–Kier alpha value is -1.09. The number of nitrogens with two attached hydrogens (primary N) is 1. The van der Waals surface area contributed by atoms with Crippen molar-refractivity contribution in [1.82, 2.24) is 9.97 Å². The molecule has 4 heteroatoms. The first-order chi connectivity index (χ1) is 5.33. The first-order valence-corrected chi connectivity index (χ1v) is 3.66. The molecule has 0 amide bonds. The van der Waals surface area contributed by atoms with Crippen molar-refractivity contribution < 1.29 is 0 Å². The maximum absolute atomic E-state index is 5.43. The summed E-state index contributed by atoms with van der Waals surface area (Å²) in [7, 11) is 0. The fourth-order valence-electron chi connectivity index (χ4n) is 0.615. The molecule has 1 aromatic rings. The molecule has 0 aromatic carbocycles. The van der Waals surface area contributed by atoms with Crippen LogP contribution in [0.25, 0.3) is 6.08 Å². The molecular weight excluding hydrogens is 162 g/mol. The predicted molar refractivity (Wildman–Crippen MR) is 46.2 cm³/mol. The molecule has 0 spiro atoms. The Kier molecular flexibility index (Phi) is 2.86. The highest BCUT2D eigenvalue weighted by Gasteiger charge is 1.87. The van der Waals surface area contributed by atoms with Crippen molar-refractivity contribution in [3.63, 3.8) is 0 Å². The first kappa shape index (κ1) is 8.01. The van der Waals surface area contributed by atoms with E-state index in [4.69, 9.17) is 17.3 Å². The Morgan fingerprint density at radius 3 is 2.64 bits per heavy atom. The fourth-order valence-corrected chi connectivity index (χ4v) is 0.704. The molecule has 1 rings (SSSR count). The van der Waals surface area contributed by atoms with Crippen molar-refractivity contribution in [3.8, 4) is 0 Å². The van der Waals surface area contributed by atoms with E-state index in [2.05, 4.69) is 9.97 Å². The Morgan fingerprint density at radius 1 is 1.45 bits per heavy atom. The topological polar surface area (TPSA) is 51.8 Å². The Bertz CT molecular complexity index is 242. The summed E-state index contributed by atoms with van der Waals surface area (Å²) in [6, 6.07) is 0. The number of nitrogen functional groups attached to an aromatic ring is 1.